The van der Waals surface area contributed by atoms with Crippen LogP contribution in [0.4, 0.5) is 0 Å². The average molecular weight is 759 g/mol. The van der Waals surface area contributed by atoms with Crippen molar-refractivity contribution >= 4 is 58.6 Å². The van der Waals surface area contributed by atoms with E-state index in [0.717, 1.165) is 12.2 Å². The Bertz CT molecular complexity index is 1220. The Morgan fingerprint density at radius 1 is 0.472 bits per heavy atom. The Labute approximate surface area is 312 Å². The van der Waals surface area contributed by atoms with Crippen molar-refractivity contribution in [1.29, 1.82) is 0 Å². The van der Waals surface area contributed by atoms with Crippen LogP contribution in [0.3, 0.4) is 0 Å². The minimum absolute atomic E-state index is 0.00444. The smallest absolute Gasteiger partial charge is 0.328 e. The number of ketones is 6. The Balaban J connectivity index is -0.000000181. The first-order chi connectivity index (χ1) is 24.0. The van der Waals surface area contributed by atoms with E-state index in [-0.39, 0.29) is 96.4 Å². The fraction of sp³-hybridized carbons (Fsp3) is 0.622. The fourth-order valence-electron chi connectivity index (χ4n) is 2.82. The van der Waals surface area contributed by atoms with E-state index in [0.29, 0.717) is 0 Å². The number of hydrogen-bond donors (Lipinski definition) is 6. The molecule has 16 nitrogen and oxygen atoms in total. The van der Waals surface area contributed by atoms with E-state index in [9.17, 15) is 47.9 Å². The van der Waals surface area contributed by atoms with E-state index in [1.807, 2.05) is 0 Å². The number of carbonyl (C=O) groups excluding carboxylic acids is 6. The van der Waals surface area contributed by atoms with E-state index in [1.54, 1.807) is 69.2 Å². The van der Waals surface area contributed by atoms with Crippen LogP contribution in [-0.2, 0) is 47.9 Å². The van der Waals surface area contributed by atoms with Crippen molar-refractivity contribution in [3.8, 4) is 0 Å². The molecule has 0 aliphatic rings. The van der Waals surface area contributed by atoms with Gasteiger partial charge in [0.2, 0.25) is 0 Å². The fourth-order valence-corrected chi connectivity index (χ4v) is 2.82. The molecule has 0 rings (SSSR count). The van der Waals surface area contributed by atoms with E-state index in [1.165, 1.54) is 19.1 Å². The second-order valence-corrected chi connectivity index (χ2v) is 13.1. The second-order valence-electron chi connectivity index (χ2n) is 13.1. The van der Waals surface area contributed by atoms with Gasteiger partial charge in [-0.15, -0.1) is 0 Å². The van der Waals surface area contributed by atoms with Gasteiger partial charge in [-0.2, -0.15) is 0 Å². The molecule has 304 valence electrons. The highest BCUT2D eigenvalue weighted by atomic mass is 16.4. The highest BCUT2D eigenvalue weighted by Gasteiger charge is 2.19. The van der Waals surface area contributed by atoms with Gasteiger partial charge in [-0.1, -0.05) is 69.2 Å². The number of carboxylic acid groups (broad SMARTS) is 4. The standard InChI is InChI=1S/C8H15NO3.C8H12O2.C7H13NO3.C7H12O3.C7H10O3/c1-5(2)8(12)6(9)3-4-7(10)11;1-6(2)8(10)5-4-7(3)9;1-4(2)7(11)5(8)3-6(9)10;2*1-5(2)6(8)3-4-7(9)10/h5-6H,3-4,9H2,1-2H3,(H,10,11);4-6H,1-3H3;4-5H,3,8H2,1-2H3,(H,9,10);5H,3-4H2,1-2H3,(H,9,10);3-5H,1-2H3,(H,9,10)/b;5-4-;;;4-3+. The summed E-state index contributed by atoms with van der Waals surface area (Å²) in [5, 5.41) is 32.9. The van der Waals surface area contributed by atoms with Crippen LogP contribution >= 0.6 is 0 Å². The second kappa shape index (κ2) is 33.2. The maximum atomic E-state index is 11.1. The van der Waals surface area contributed by atoms with Crippen LogP contribution in [0.1, 0.15) is 108 Å². The molecule has 8 N–H and O–H groups in total. The molecular weight excluding hydrogens is 696 g/mol. The first kappa shape index (κ1) is 57.6. The van der Waals surface area contributed by atoms with Crippen LogP contribution in [0.5, 0.6) is 0 Å². The number of allylic oxidation sites excluding steroid dienone is 3. The Morgan fingerprint density at radius 2 is 0.849 bits per heavy atom. The van der Waals surface area contributed by atoms with Gasteiger partial charge in [0.15, 0.2) is 28.9 Å². The lowest BCUT2D eigenvalue weighted by molar-refractivity contribution is -0.139. The number of hydrogen-bond acceptors (Lipinski definition) is 12. The van der Waals surface area contributed by atoms with Crippen LogP contribution in [0.25, 0.3) is 0 Å². The zero-order valence-electron chi connectivity index (χ0n) is 32.9. The van der Waals surface area contributed by atoms with Crippen molar-refractivity contribution in [3.05, 3.63) is 24.3 Å². The third-order valence-electron chi connectivity index (χ3n) is 6.17. The summed E-state index contributed by atoms with van der Waals surface area (Å²) in [6.07, 6.45) is 4.57. The van der Waals surface area contributed by atoms with Crippen LogP contribution < -0.4 is 11.5 Å². The molecule has 0 fully saturated rings. The number of nitrogens with two attached hydrogens (primary N) is 2. The van der Waals surface area contributed by atoms with Crippen molar-refractivity contribution in [2.75, 3.05) is 0 Å². The topological polar surface area (TPSA) is 304 Å². The lowest BCUT2D eigenvalue weighted by Crippen LogP contribution is -2.35. The summed E-state index contributed by atoms with van der Waals surface area (Å²) in [6.45, 7) is 18.9. The molecule has 2 atom stereocenters. The molecule has 0 heterocycles. The van der Waals surface area contributed by atoms with Gasteiger partial charge in [0.05, 0.1) is 24.9 Å². The molecule has 0 amide bonds. The highest BCUT2D eigenvalue weighted by molar-refractivity contribution is 5.98. The molecule has 0 saturated heterocycles. The number of rotatable bonds is 19. The SMILES string of the molecule is CC(=O)/C=C\C(=O)C(C)C.CC(C)C(=O)/C=C/C(=O)O.CC(C)C(=O)C(N)CC(=O)O.CC(C)C(=O)C(N)CCC(=O)O.CC(C)C(=O)CCC(=O)O. The molecule has 0 aromatic rings. The minimum atomic E-state index is -1.09. The molecular formula is C37H62N2O14. The van der Waals surface area contributed by atoms with E-state index < -0.39 is 36.0 Å². The third-order valence-corrected chi connectivity index (χ3v) is 6.17. The third kappa shape index (κ3) is 43.4. The van der Waals surface area contributed by atoms with Gasteiger partial charge in [0.1, 0.15) is 5.78 Å². The minimum Gasteiger partial charge on any atom is -0.481 e. The maximum absolute atomic E-state index is 11.1. The summed E-state index contributed by atoms with van der Waals surface area (Å²) in [5.41, 5.74) is 10.7. The molecule has 0 aliphatic heterocycles. The quantitative estimate of drug-likeness (QED) is 0.102. The predicted molar refractivity (Wildman–Crippen MR) is 198 cm³/mol. The molecule has 0 saturated carbocycles. The predicted octanol–water partition coefficient (Wildman–Crippen LogP) is 3.70. The van der Waals surface area contributed by atoms with Gasteiger partial charge in [-0.05, 0) is 31.6 Å². The van der Waals surface area contributed by atoms with E-state index in [4.69, 9.17) is 31.9 Å². The summed E-state index contributed by atoms with van der Waals surface area (Å²) < 4.78 is 0. The lowest BCUT2D eigenvalue weighted by Gasteiger charge is -2.10. The average Bonchev–Trinajstić information content (AvgIpc) is 3.03. The molecule has 0 radical (unpaired) electrons. The lowest BCUT2D eigenvalue weighted by atomic mass is 9.99. The van der Waals surface area contributed by atoms with Crippen molar-refractivity contribution in [1.82, 2.24) is 0 Å². The summed E-state index contributed by atoms with van der Waals surface area (Å²) in [6, 6.07) is -1.48. The monoisotopic (exact) mass is 758 g/mol. The van der Waals surface area contributed by atoms with Crippen LogP contribution in [0.15, 0.2) is 24.3 Å². The highest BCUT2D eigenvalue weighted by Crippen LogP contribution is 2.04. The molecule has 0 aliphatic carbocycles. The van der Waals surface area contributed by atoms with Crippen LogP contribution in [-0.4, -0.2) is 91.1 Å². The first-order valence-corrected chi connectivity index (χ1v) is 16.9. The van der Waals surface area contributed by atoms with Gasteiger partial charge >= 0.3 is 23.9 Å². The summed E-state index contributed by atoms with van der Waals surface area (Å²) in [4.78, 5) is 105. The van der Waals surface area contributed by atoms with Crippen molar-refractivity contribution in [3.63, 3.8) is 0 Å². The summed E-state index contributed by atoms with van der Waals surface area (Å²) in [5.74, 6) is -4.96. The van der Waals surface area contributed by atoms with Crippen molar-refractivity contribution < 1.29 is 68.4 Å². The van der Waals surface area contributed by atoms with Gasteiger partial charge < -0.3 is 31.9 Å². The van der Waals surface area contributed by atoms with Gasteiger partial charge in [-0.25, -0.2) is 4.79 Å². The zero-order chi connectivity index (χ0) is 43.2. The van der Waals surface area contributed by atoms with Crippen LogP contribution in [0, 0.1) is 29.6 Å². The Hall–Kier alpha value is -4.70. The molecule has 16 heteroatoms. The molecule has 0 aromatic carbocycles. The number of carboxylic acids is 4. The molecule has 0 aromatic heterocycles. The van der Waals surface area contributed by atoms with E-state index in [2.05, 4.69) is 0 Å². The maximum Gasteiger partial charge on any atom is 0.328 e. The number of Topliss-reactive ketones (excluding diaryl/α,β-unsaturated/α-hetero) is 3. The first-order valence-electron chi connectivity index (χ1n) is 16.9. The van der Waals surface area contributed by atoms with Gasteiger partial charge in [0, 0.05) is 48.5 Å². The van der Waals surface area contributed by atoms with Crippen LogP contribution in [0.2, 0.25) is 0 Å². The Kier molecular flexibility index (Phi) is 36.1. The van der Waals surface area contributed by atoms with Crippen molar-refractivity contribution in [2.45, 2.75) is 120 Å². The summed E-state index contributed by atoms with van der Waals surface area (Å²) in [7, 11) is 0. The molecule has 0 spiro atoms. The van der Waals surface area contributed by atoms with Crippen molar-refractivity contribution in [2.24, 2.45) is 41.1 Å². The Morgan fingerprint density at radius 3 is 1.13 bits per heavy atom. The molecule has 53 heavy (non-hydrogen) atoms. The number of carbonyl (C=O) groups is 10. The van der Waals surface area contributed by atoms with Gasteiger partial charge in [-0.3, -0.25) is 43.2 Å². The molecule has 0 bridgehead atoms. The van der Waals surface area contributed by atoms with E-state index >= 15 is 0 Å². The van der Waals surface area contributed by atoms with Gasteiger partial charge in [0.25, 0.3) is 0 Å². The normalized spacial score (nSPS) is 11.6. The zero-order valence-corrected chi connectivity index (χ0v) is 32.9. The molecule has 2 unspecified atom stereocenters. The number of aliphatic carboxylic acids is 4. The summed E-state index contributed by atoms with van der Waals surface area (Å²) >= 11 is 0. The largest absolute Gasteiger partial charge is 0.481 e.